The van der Waals surface area contributed by atoms with Gasteiger partial charge in [0.05, 0.1) is 5.60 Å². The van der Waals surface area contributed by atoms with Gasteiger partial charge in [0.2, 0.25) is 5.91 Å². The van der Waals surface area contributed by atoms with Crippen LogP contribution in [0.1, 0.15) is 34.1 Å². The van der Waals surface area contributed by atoms with Gasteiger partial charge in [0.1, 0.15) is 0 Å². The lowest BCUT2D eigenvalue weighted by Crippen LogP contribution is -2.42. The van der Waals surface area contributed by atoms with Crippen LogP contribution in [0.5, 0.6) is 0 Å². The number of ether oxygens (including phenoxy) is 1. The van der Waals surface area contributed by atoms with Crippen LogP contribution in [0.4, 0.5) is 0 Å². The number of hydrogen-bond donors (Lipinski definition) is 2. The standard InChI is InChI=1S/C12H26N2O2.ClH/c1-9(8-13-5)11(15)14-10(2)7-12(3,4)16-6;/h9-10,13H,7-8H2,1-6H3,(H,14,15);1H. The second-order valence-electron chi connectivity index (χ2n) is 5.04. The van der Waals surface area contributed by atoms with Crippen LogP contribution in [0.2, 0.25) is 0 Å². The largest absolute Gasteiger partial charge is 0.379 e. The van der Waals surface area contributed by atoms with Crippen molar-refractivity contribution in [3.8, 4) is 0 Å². The molecule has 5 heteroatoms. The van der Waals surface area contributed by atoms with Crippen molar-refractivity contribution in [1.29, 1.82) is 0 Å². The van der Waals surface area contributed by atoms with Crippen LogP contribution in [0, 0.1) is 5.92 Å². The minimum atomic E-state index is -0.195. The summed E-state index contributed by atoms with van der Waals surface area (Å²) in [5, 5.41) is 5.99. The smallest absolute Gasteiger partial charge is 0.224 e. The number of nitrogens with one attached hydrogen (secondary N) is 2. The van der Waals surface area contributed by atoms with Gasteiger partial charge in [-0.3, -0.25) is 4.79 Å². The second-order valence-corrected chi connectivity index (χ2v) is 5.04. The quantitative estimate of drug-likeness (QED) is 0.736. The third-order valence-corrected chi connectivity index (χ3v) is 2.70. The molecule has 17 heavy (non-hydrogen) atoms. The highest BCUT2D eigenvalue weighted by atomic mass is 35.5. The molecule has 4 nitrogen and oxygen atoms in total. The molecule has 104 valence electrons. The number of amides is 1. The lowest BCUT2D eigenvalue weighted by molar-refractivity contribution is -0.125. The van der Waals surface area contributed by atoms with Gasteiger partial charge in [0.15, 0.2) is 0 Å². The van der Waals surface area contributed by atoms with E-state index in [9.17, 15) is 4.79 Å². The highest BCUT2D eigenvalue weighted by Crippen LogP contribution is 2.15. The van der Waals surface area contributed by atoms with Crippen molar-refractivity contribution in [2.75, 3.05) is 20.7 Å². The van der Waals surface area contributed by atoms with Crippen LogP contribution in [0.25, 0.3) is 0 Å². The minimum absolute atomic E-state index is 0. The Morgan fingerprint density at radius 3 is 2.29 bits per heavy atom. The van der Waals surface area contributed by atoms with Crippen LogP contribution in [0.3, 0.4) is 0 Å². The van der Waals surface area contributed by atoms with E-state index in [1.165, 1.54) is 0 Å². The zero-order chi connectivity index (χ0) is 12.8. The Labute approximate surface area is 111 Å². The third kappa shape index (κ3) is 8.41. The summed E-state index contributed by atoms with van der Waals surface area (Å²) in [6, 6.07) is 0.127. The van der Waals surface area contributed by atoms with E-state index in [0.717, 1.165) is 6.42 Å². The highest BCUT2D eigenvalue weighted by Gasteiger charge is 2.22. The van der Waals surface area contributed by atoms with Crippen LogP contribution in [0.15, 0.2) is 0 Å². The summed E-state index contributed by atoms with van der Waals surface area (Å²) < 4.78 is 5.33. The van der Waals surface area contributed by atoms with Gasteiger partial charge < -0.3 is 15.4 Å². The fraction of sp³-hybridized carbons (Fsp3) is 0.917. The summed E-state index contributed by atoms with van der Waals surface area (Å²) in [5.74, 6) is 0.0897. The summed E-state index contributed by atoms with van der Waals surface area (Å²) in [4.78, 5) is 11.7. The van der Waals surface area contributed by atoms with E-state index in [4.69, 9.17) is 4.74 Å². The molecule has 0 spiro atoms. The summed E-state index contributed by atoms with van der Waals surface area (Å²) in [7, 11) is 3.54. The van der Waals surface area contributed by atoms with Crippen LogP contribution < -0.4 is 10.6 Å². The van der Waals surface area contributed by atoms with E-state index in [0.29, 0.717) is 6.54 Å². The number of carbonyl (C=O) groups excluding carboxylic acids is 1. The van der Waals surface area contributed by atoms with Gasteiger partial charge in [0, 0.05) is 25.6 Å². The normalized spacial score (nSPS) is 14.7. The Bertz CT molecular complexity index is 223. The predicted molar refractivity (Wildman–Crippen MR) is 73.6 cm³/mol. The monoisotopic (exact) mass is 266 g/mol. The lowest BCUT2D eigenvalue weighted by Gasteiger charge is -2.27. The molecule has 0 aromatic heterocycles. The molecule has 0 aliphatic heterocycles. The first kappa shape index (κ1) is 19.0. The molecule has 0 saturated carbocycles. The summed E-state index contributed by atoms with van der Waals surface area (Å²) in [6.45, 7) is 8.66. The zero-order valence-electron chi connectivity index (χ0n) is 11.8. The summed E-state index contributed by atoms with van der Waals surface area (Å²) in [6.07, 6.45) is 0.807. The topological polar surface area (TPSA) is 50.4 Å². The number of halogens is 1. The SMILES string of the molecule is CNCC(C)C(=O)NC(C)CC(C)(C)OC.Cl. The average molecular weight is 267 g/mol. The van der Waals surface area contributed by atoms with Crippen molar-refractivity contribution in [2.24, 2.45) is 5.92 Å². The Morgan fingerprint density at radius 1 is 1.35 bits per heavy atom. The van der Waals surface area contributed by atoms with Gasteiger partial charge in [0.25, 0.3) is 0 Å². The first-order chi connectivity index (χ1) is 7.32. The lowest BCUT2D eigenvalue weighted by atomic mass is 9.99. The van der Waals surface area contributed by atoms with Gasteiger partial charge in [-0.1, -0.05) is 6.92 Å². The Kier molecular flexibility index (Phi) is 9.77. The Hall–Kier alpha value is -0.320. The molecule has 0 aliphatic carbocycles. The number of rotatable bonds is 7. The molecule has 2 atom stereocenters. The van der Waals surface area contributed by atoms with Gasteiger partial charge in [-0.25, -0.2) is 0 Å². The van der Waals surface area contributed by atoms with E-state index >= 15 is 0 Å². The van der Waals surface area contributed by atoms with Crippen LogP contribution in [-0.2, 0) is 9.53 Å². The van der Waals surface area contributed by atoms with Crippen molar-refractivity contribution in [3.05, 3.63) is 0 Å². The molecule has 0 saturated heterocycles. The van der Waals surface area contributed by atoms with E-state index in [-0.39, 0.29) is 35.9 Å². The third-order valence-electron chi connectivity index (χ3n) is 2.70. The molecule has 2 N–H and O–H groups in total. The highest BCUT2D eigenvalue weighted by molar-refractivity contribution is 5.85. The molecule has 0 aliphatic rings. The number of carbonyl (C=O) groups is 1. The molecule has 0 heterocycles. The first-order valence-electron chi connectivity index (χ1n) is 5.82. The van der Waals surface area contributed by atoms with E-state index in [1.54, 1.807) is 7.11 Å². The number of methoxy groups -OCH3 is 1. The van der Waals surface area contributed by atoms with Crippen molar-refractivity contribution >= 4 is 18.3 Å². The Morgan fingerprint density at radius 2 is 1.88 bits per heavy atom. The van der Waals surface area contributed by atoms with Gasteiger partial charge in [-0.2, -0.15) is 0 Å². The van der Waals surface area contributed by atoms with E-state index in [1.807, 2.05) is 34.7 Å². The second kappa shape index (κ2) is 8.72. The molecule has 0 aromatic carbocycles. The van der Waals surface area contributed by atoms with Crippen LogP contribution in [-0.4, -0.2) is 38.3 Å². The zero-order valence-corrected chi connectivity index (χ0v) is 12.6. The maximum absolute atomic E-state index is 11.7. The molecule has 0 fully saturated rings. The van der Waals surface area contributed by atoms with E-state index in [2.05, 4.69) is 10.6 Å². The molecule has 2 unspecified atom stereocenters. The maximum atomic E-state index is 11.7. The van der Waals surface area contributed by atoms with Gasteiger partial charge >= 0.3 is 0 Å². The molecule has 0 aromatic rings. The molecule has 0 radical (unpaired) electrons. The maximum Gasteiger partial charge on any atom is 0.224 e. The minimum Gasteiger partial charge on any atom is -0.379 e. The molecule has 0 bridgehead atoms. The van der Waals surface area contributed by atoms with Gasteiger partial charge in [-0.15, -0.1) is 12.4 Å². The van der Waals surface area contributed by atoms with Crippen LogP contribution >= 0.6 is 12.4 Å². The average Bonchev–Trinajstić information content (AvgIpc) is 2.17. The number of hydrogen-bond acceptors (Lipinski definition) is 3. The predicted octanol–water partition coefficient (Wildman–Crippen LogP) is 1.58. The van der Waals surface area contributed by atoms with E-state index < -0.39 is 0 Å². The molecular weight excluding hydrogens is 240 g/mol. The van der Waals surface area contributed by atoms with Crippen molar-refractivity contribution in [1.82, 2.24) is 10.6 Å². The summed E-state index contributed by atoms with van der Waals surface area (Å²) >= 11 is 0. The molecule has 0 rings (SSSR count). The van der Waals surface area contributed by atoms with Gasteiger partial charge in [-0.05, 0) is 34.2 Å². The first-order valence-corrected chi connectivity index (χ1v) is 5.82. The fourth-order valence-corrected chi connectivity index (χ4v) is 1.66. The Balaban J connectivity index is 0. The van der Waals surface area contributed by atoms with Crippen molar-refractivity contribution in [3.63, 3.8) is 0 Å². The fourth-order valence-electron chi connectivity index (χ4n) is 1.66. The molecule has 1 amide bonds. The van der Waals surface area contributed by atoms with Crippen molar-refractivity contribution in [2.45, 2.75) is 45.8 Å². The van der Waals surface area contributed by atoms with Crippen molar-refractivity contribution < 1.29 is 9.53 Å². The summed E-state index contributed by atoms with van der Waals surface area (Å²) in [5.41, 5.74) is -0.195. The molecular formula is C12H27ClN2O2.